The zero-order valence-electron chi connectivity index (χ0n) is 25.3. The molecule has 0 bridgehead atoms. The number of benzene rings is 3. The number of hydrogen-bond acceptors (Lipinski definition) is 10. The molecule has 0 aromatic heterocycles. The van der Waals surface area contributed by atoms with Crippen LogP contribution in [0.4, 0.5) is 4.79 Å². The van der Waals surface area contributed by atoms with Gasteiger partial charge >= 0.3 is 12.0 Å². The highest BCUT2D eigenvalue weighted by atomic mass is 79.9. The third-order valence-corrected chi connectivity index (χ3v) is 7.05. The van der Waals surface area contributed by atoms with Crippen LogP contribution in [0.3, 0.4) is 0 Å². The summed E-state index contributed by atoms with van der Waals surface area (Å²) < 4.78 is 28.9. The Morgan fingerprint density at radius 3 is 2.56 bits per heavy atom. The molecule has 1 aliphatic rings. The lowest BCUT2D eigenvalue weighted by Crippen LogP contribution is -2.45. The van der Waals surface area contributed by atoms with E-state index in [2.05, 4.69) is 37.1 Å². The molecule has 0 saturated heterocycles. The number of amides is 2. The van der Waals surface area contributed by atoms with Crippen molar-refractivity contribution in [2.45, 2.75) is 32.7 Å². The number of halogens is 1. The largest absolute Gasteiger partial charge is 0.493 e. The summed E-state index contributed by atoms with van der Waals surface area (Å²) in [5, 5.41) is 20.1. The van der Waals surface area contributed by atoms with Crippen LogP contribution in [-0.2, 0) is 16.1 Å². The van der Waals surface area contributed by atoms with Gasteiger partial charge in [-0.05, 0) is 49.2 Å². The number of esters is 1. The normalized spacial score (nSPS) is 15.2. The van der Waals surface area contributed by atoms with Crippen molar-refractivity contribution < 1.29 is 38.4 Å². The molecule has 2 amide bonds. The Labute approximate surface area is 269 Å². The smallest absolute Gasteiger partial charge is 0.337 e. The summed E-state index contributed by atoms with van der Waals surface area (Å²) >= 11 is 3.48. The van der Waals surface area contributed by atoms with Crippen molar-refractivity contribution in [1.29, 1.82) is 0 Å². The number of ether oxygens (including phenoxy) is 5. The van der Waals surface area contributed by atoms with Gasteiger partial charge in [-0.3, -0.25) is 5.43 Å². The highest BCUT2D eigenvalue weighted by Crippen LogP contribution is 2.36. The van der Waals surface area contributed by atoms with E-state index in [0.717, 1.165) is 10.0 Å². The van der Waals surface area contributed by atoms with Crippen molar-refractivity contribution in [3.05, 3.63) is 93.1 Å². The van der Waals surface area contributed by atoms with E-state index in [0.29, 0.717) is 53.0 Å². The van der Waals surface area contributed by atoms with Gasteiger partial charge in [0.1, 0.15) is 13.2 Å². The lowest BCUT2D eigenvalue weighted by molar-refractivity contribution is -0.136. The summed E-state index contributed by atoms with van der Waals surface area (Å²) in [4.78, 5) is 24.6. The second-order valence-electron chi connectivity index (χ2n) is 9.72. The summed E-state index contributed by atoms with van der Waals surface area (Å²) in [5.41, 5.74) is 5.49. The van der Waals surface area contributed by atoms with Gasteiger partial charge in [0.05, 0.1) is 38.7 Å². The van der Waals surface area contributed by atoms with Gasteiger partial charge in [-0.15, -0.1) is 0 Å². The Morgan fingerprint density at radius 2 is 1.84 bits per heavy atom. The van der Waals surface area contributed by atoms with Gasteiger partial charge in [-0.1, -0.05) is 52.3 Å². The van der Waals surface area contributed by atoms with Crippen LogP contribution < -0.4 is 35.0 Å². The molecule has 3 aromatic carbocycles. The van der Waals surface area contributed by atoms with E-state index in [1.54, 1.807) is 38.3 Å². The molecule has 4 N–H and O–H groups in total. The quantitative estimate of drug-likeness (QED) is 0.0831. The number of allylic oxidation sites excluding steroid dienone is 1. The molecule has 0 radical (unpaired) electrons. The SMILES string of the molecule is CCOc1cc([C@H]2NC(=O)NC(C)=C2C(=O)OC)ccc1OC[C@H](O)N/N=C/c1cc(Br)cc(OC)c1OCc1ccccc1. The molecule has 3 aromatic rings. The van der Waals surface area contributed by atoms with Crippen LogP contribution in [0.15, 0.2) is 81.5 Å². The van der Waals surface area contributed by atoms with Crippen molar-refractivity contribution in [1.82, 2.24) is 16.1 Å². The molecule has 12 nitrogen and oxygen atoms in total. The molecule has 0 saturated carbocycles. The third-order valence-electron chi connectivity index (χ3n) is 6.59. The first-order valence-electron chi connectivity index (χ1n) is 14.0. The molecule has 0 aliphatic carbocycles. The number of rotatable bonds is 14. The predicted octanol–water partition coefficient (Wildman–Crippen LogP) is 4.56. The van der Waals surface area contributed by atoms with Gasteiger partial charge in [-0.2, -0.15) is 5.10 Å². The molecule has 238 valence electrons. The van der Waals surface area contributed by atoms with E-state index in [4.69, 9.17) is 23.7 Å². The minimum absolute atomic E-state index is 0.174. The summed E-state index contributed by atoms with van der Waals surface area (Å²) in [6, 6.07) is 17.1. The van der Waals surface area contributed by atoms with E-state index in [1.165, 1.54) is 13.3 Å². The van der Waals surface area contributed by atoms with Crippen LogP contribution in [0.25, 0.3) is 0 Å². The summed E-state index contributed by atoms with van der Waals surface area (Å²) in [5.74, 6) is 1.15. The van der Waals surface area contributed by atoms with Crippen molar-refractivity contribution in [3.8, 4) is 23.0 Å². The van der Waals surface area contributed by atoms with Gasteiger partial charge in [0.25, 0.3) is 0 Å². The molecule has 2 atom stereocenters. The number of hydrazone groups is 1. The summed E-state index contributed by atoms with van der Waals surface area (Å²) in [6.07, 6.45) is 0.331. The molecule has 13 heteroatoms. The van der Waals surface area contributed by atoms with Crippen LogP contribution in [0.5, 0.6) is 23.0 Å². The second-order valence-corrected chi connectivity index (χ2v) is 10.6. The summed E-state index contributed by atoms with van der Waals surface area (Å²) in [6.45, 7) is 3.92. The van der Waals surface area contributed by atoms with Crippen molar-refractivity contribution in [3.63, 3.8) is 0 Å². The van der Waals surface area contributed by atoms with Gasteiger partial charge in [0.15, 0.2) is 29.2 Å². The number of carbonyl (C=O) groups is 2. The van der Waals surface area contributed by atoms with E-state index in [9.17, 15) is 14.7 Å². The molecule has 1 heterocycles. The van der Waals surface area contributed by atoms with Crippen LogP contribution in [0, 0.1) is 0 Å². The van der Waals surface area contributed by atoms with E-state index in [-0.39, 0.29) is 12.2 Å². The van der Waals surface area contributed by atoms with Gasteiger partial charge in [0, 0.05) is 15.7 Å². The average Bonchev–Trinajstić information content (AvgIpc) is 3.03. The fourth-order valence-electron chi connectivity index (χ4n) is 4.54. The first kappa shape index (κ1) is 33.1. The standard InChI is InChI=1S/C32H35BrN4O8/c1-5-43-25-14-21(29-28(31(39)42-4)19(2)35-32(40)36-29)11-12-24(25)44-18-27(38)37-34-16-22-13-23(33)15-26(41-3)30(22)45-17-20-9-7-6-8-10-20/h6-16,27,29,37-38H,5,17-18H2,1-4H3,(H2,35,36,40)/b34-16+/t27-,29+/m0/s1. The zero-order valence-corrected chi connectivity index (χ0v) is 26.8. The minimum atomic E-state index is -1.18. The molecule has 0 spiro atoms. The average molecular weight is 684 g/mol. The van der Waals surface area contributed by atoms with Gasteiger partial charge in [0.2, 0.25) is 0 Å². The number of hydrogen-bond donors (Lipinski definition) is 4. The number of aliphatic hydroxyl groups excluding tert-OH is 1. The van der Waals surface area contributed by atoms with Gasteiger partial charge in [-0.25, -0.2) is 9.59 Å². The Bertz CT molecular complexity index is 1560. The maximum absolute atomic E-state index is 12.5. The van der Waals surface area contributed by atoms with Crippen LogP contribution in [0.2, 0.25) is 0 Å². The maximum Gasteiger partial charge on any atom is 0.337 e. The fourth-order valence-corrected chi connectivity index (χ4v) is 4.99. The van der Waals surface area contributed by atoms with Crippen LogP contribution in [-0.4, -0.2) is 57.0 Å². The topological polar surface area (TPSA) is 149 Å². The first-order chi connectivity index (χ1) is 21.7. The lowest BCUT2D eigenvalue weighted by Gasteiger charge is -2.28. The maximum atomic E-state index is 12.5. The zero-order chi connectivity index (χ0) is 32.3. The highest BCUT2D eigenvalue weighted by molar-refractivity contribution is 9.10. The van der Waals surface area contributed by atoms with Crippen molar-refractivity contribution >= 4 is 34.1 Å². The van der Waals surface area contributed by atoms with Crippen molar-refractivity contribution in [2.24, 2.45) is 5.10 Å². The number of carbonyl (C=O) groups excluding carboxylic acids is 2. The predicted molar refractivity (Wildman–Crippen MR) is 170 cm³/mol. The Kier molecular flexibility index (Phi) is 11.7. The van der Waals surface area contributed by atoms with E-state index in [1.807, 2.05) is 43.3 Å². The Morgan fingerprint density at radius 1 is 1.07 bits per heavy atom. The first-order valence-corrected chi connectivity index (χ1v) is 14.8. The lowest BCUT2D eigenvalue weighted by atomic mass is 9.95. The molecule has 45 heavy (non-hydrogen) atoms. The fraction of sp³-hybridized carbons (Fsp3) is 0.281. The second kappa shape index (κ2) is 15.8. The molecule has 1 aliphatic heterocycles. The van der Waals surface area contributed by atoms with Crippen LogP contribution in [0.1, 0.15) is 36.6 Å². The minimum Gasteiger partial charge on any atom is -0.493 e. The molecule has 0 unspecified atom stereocenters. The van der Waals surface area contributed by atoms with Gasteiger partial charge < -0.3 is 39.4 Å². The number of nitrogens with one attached hydrogen (secondary N) is 3. The number of aliphatic hydroxyl groups is 1. The summed E-state index contributed by atoms with van der Waals surface area (Å²) in [7, 11) is 2.83. The molecular formula is C32H35BrN4O8. The van der Waals surface area contributed by atoms with E-state index < -0.39 is 24.3 Å². The Hall–Kier alpha value is -4.75. The number of nitrogens with zero attached hydrogens (tertiary/aromatic N) is 1. The molecular weight excluding hydrogens is 648 g/mol. The third kappa shape index (κ3) is 8.67. The molecule has 4 rings (SSSR count). The van der Waals surface area contributed by atoms with Crippen molar-refractivity contribution in [2.75, 3.05) is 27.4 Å². The Balaban J connectivity index is 1.44. The number of methoxy groups -OCH3 is 2. The monoisotopic (exact) mass is 682 g/mol. The van der Waals surface area contributed by atoms with E-state index >= 15 is 0 Å². The molecule has 0 fully saturated rings. The number of urea groups is 1. The van der Waals surface area contributed by atoms with Crippen LogP contribution >= 0.6 is 15.9 Å². The highest BCUT2D eigenvalue weighted by Gasteiger charge is 2.32.